The smallest absolute Gasteiger partial charge is 0.239 e. The van der Waals surface area contributed by atoms with Gasteiger partial charge in [-0.1, -0.05) is 35.2 Å². The van der Waals surface area contributed by atoms with Crippen LogP contribution in [0.2, 0.25) is 0 Å². The lowest BCUT2D eigenvalue weighted by molar-refractivity contribution is -0.116. The van der Waals surface area contributed by atoms with E-state index in [-0.39, 0.29) is 5.91 Å². The number of thioether (sulfide) groups is 1. The maximum atomic E-state index is 12.8. The zero-order valence-corrected chi connectivity index (χ0v) is 16.5. The molecule has 26 heavy (non-hydrogen) atoms. The standard InChI is InChI=1S/C18H21N5OS2/c1-3-22(17-19-13-7-5-6-8-14(13)26-17)15(24)11-25-18-21-20-16(12-9-10-12)23(18)4-2/h5-8,12H,3-4,9-11H2,1-2H3. The minimum absolute atomic E-state index is 0.0511. The third kappa shape index (κ3) is 3.35. The van der Waals surface area contributed by atoms with Crippen molar-refractivity contribution >= 4 is 44.4 Å². The van der Waals surface area contributed by atoms with Gasteiger partial charge in [0.2, 0.25) is 5.91 Å². The Labute approximate surface area is 160 Å². The Bertz CT molecular complexity index is 898. The monoisotopic (exact) mass is 387 g/mol. The Hall–Kier alpha value is -1.93. The van der Waals surface area contributed by atoms with E-state index in [2.05, 4.69) is 26.7 Å². The minimum Gasteiger partial charge on any atom is -0.306 e. The topological polar surface area (TPSA) is 63.9 Å². The highest BCUT2D eigenvalue weighted by molar-refractivity contribution is 7.99. The van der Waals surface area contributed by atoms with Gasteiger partial charge in [0.1, 0.15) is 5.82 Å². The normalized spacial score (nSPS) is 14.1. The molecule has 6 nitrogen and oxygen atoms in total. The molecule has 1 fully saturated rings. The lowest BCUT2D eigenvalue weighted by Crippen LogP contribution is -2.32. The molecule has 1 amide bonds. The minimum atomic E-state index is 0.0511. The van der Waals surface area contributed by atoms with Gasteiger partial charge in [0.25, 0.3) is 0 Å². The number of anilines is 1. The van der Waals surface area contributed by atoms with Crippen molar-refractivity contribution in [2.45, 2.75) is 44.3 Å². The van der Waals surface area contributed by atoms with Crippen LogP contribution in [0.3, 0.4) is 0 Å². The first-order chi connectivity index (χ1) is 12.7. The van der Waals surface area contributed by atoms with Crippen LogP contribution in [-0.2, 0) is 11.3 Å². The molecule has 0 atom stereocenters. The van der Waals surface area contributed by atoms with Crippen molar-refractivity contribution in [2.75, 3.05) is 17.2 Å². The third-order valence-corrected chi connectivity index (χ3v) is 6.47. The van der Waals surface area contributed by atoms with Gasteiger partial charge in [-0.15, -0.1) is 10.2 Å². The molecule has 0 radical (unpaired) electrons. The van der Waals surface area contributed by atoms with E-state index >= 15 is 0 Å². The Morgan fingerprint density at radius 2 is 2.12 bits per heavy atom. The summed E-state index contributed by atoms with van der Waals surface area (Å²) < 4.78 is 3.24. The van der Waals surface area contributed by atoms with Crippen LogP contribution in [0, 0.1) is 0 Å². The van der Waals surface area contributed by atoms with Crippen LogP contribution in [0.25, 0.3) is 10.2 Å². The van der Waals surface area contributed by atoms with Gasteiger partial charge in [-0.2, -0.15) is 0 Å². The molecule has 0 spiro atoms. The average Bonchev–Trinajstić information content (AvgIpc) is 3.27. The summed E-state index contributed by atoms with van der Waals surface area (Å²) >= 11 is 3.02. The Balaban J connectivity index is 1.48. The molecule has 2 aromatic heterocycles. The van der Waals surface area contributed by atoms with Crippen LogP contribution < -0.4 is 4.90 Å². The quantitative estimate of drug-likeness (QED) is 0.575. The van der Waals surface area contributed by atoms with E-state index in [0.717, 1.165) is 32.9 Å². The second-order valence-electron chi connectivity index (χ2n) is 6.25. The maximum absolute atomic E-state index is 12.8. The van der Waals surface area contributed by atoms with Crippen LogP contribution in [0.4, 0.5) is 5.13 Å². The second-order valence-corrected chi connectivity index (χ2v) is 8.20. The van der Waals surface area contributed by atoms with Crippen LogP contribution in [0.1, 0.15) is 38.4 Å². The summed E-state index contributed by atoms with van der Waals surface area (Å²) in [6, 6.07) is 7.97. The third-order valence-electron chi connectivity index (χ3n) is 4.46. The summed E-state index contributed by atoms with van der Waals surface area (Å²) in [5.74, 6) is 2.02. The number of carbonyl (C=O) groups is 1. The Morgan fingerprint density at radius 1 is 1.31 bits per heavy atom. The van der Waals surface area contributed by atoms with Gasteiger partial charge in [0, 0.05) is 19.0 Å². The Morgan fingerprint density at radius 3 is 2.81 bits per heavy atom. The molecule has 0 bridgehead atoms. The number of fused-ring (bicyclic) bond motifs is 1. The molecule has 2 heterocycles. The molecular formula is C18H21N5OS2. The van der Waals surface area contributed by atoms with Crippen molar-refractivity contribution in [3.8, 4) is 0 Å². The van der Waals surface area contributed by atoms with Crippen LogP contribution in [-0.4, -0.2) is 38.0 Å². The van der Waals surface area contributed by atoms with Crippen molar-refractivity contribution in [3.05, 3.63) is 30.1 Å². The zero-order valence-electron chi connectivity index (χ0n) is 14.9. The summed E-state index contributed by atoms with van der Waals surface area (Å²) in [4.78, 5) is 19.2. The number of carbonyl (C=O) groups excluding carboxylic acids is 1. The van der Waals surface area contributed by atoms with Gasteiger partial charge in [-0.3, -0.25) is 9.69 Å². The summed E-state index contributed by atoms with van der Waals surface area (Å²) in [5.41, 5.74) is 0.936. The molecular weight excluding hydrogens is 366 g/mol. The van der Waals surface area contributed by atoms with E-state index in [1.807, 2.05) is 31.2 Å². The van der Waals surface area contributed by atoms with Crippen molar-refractivity contribution < 1.29 is 4.79 Å². The van der Waals surface area contributed by atoms with Gasteiger partial charge in [-0.25, -0.2) is 4.98 Å². The summed E-state index contributed by atoms with van der Waals surface area (Å²) in [6.07, 6.45) is 2.39. The molecule has 3 aromatic rings. The molecule has 136 valence electrons. The predicted molar refractivity (Wildman–Crippen MR) is 106 cm³/mol. The van der Waals surface area contributed by atoms with E-state index in [4.69, 9.17) is 0 Å². The maximum Gasteiger partial charge on any atom is 0.239 e. The lowest BCUT2D eigenvalue weighted by Gasteiger charge is -2.17. The van der Waals surface area contributed by atoms with Crippen LogP contribution in [0.15, 0.2) is 29.4 Å². The van der Waals surface area contributed by atoms with Gasteiger partial charge in [-0.05, 0) is 38.8 Å². The first-order valence-electron chi connectivity index (χ1n) is 8.93. The van der Waals surface area contributed by atoms with E-state index in [1.165, 1.54) is 24.6 Å². The van der Waals surface area contributed by atoms with E-state index in [0.29, 0.717) is 18.2 Å². The Kier molecular flexibility index (Phi) is 4.95. The molecule has 0 unspecified atom stereocenters. The van der Waals surface area contributed by atoms with Crippen LogP contribution in [0.5, 0.6) is 0 Å². The molecule has 4 rings (SSSR count). The molecule has 0 N–H and O–H groups in total. The van der Waals surface area contributed by atoms with Crippen molar-refractivity contribution in [1.82, 2.24) is 19.7 Å². The number of aromatic nitrogens is 4. The number of thiazole rings is 1. The average molecular weight is 388 g/mol. The van der Waals surface area contributed by atoms with Crippen molar-refractivity contribution in [2.24, 2.45) is 0 Å². The van der Waals surface area contributed by atoms with E-state index in [1.54, 1.807) is 16.2 Å². The SMILES string of the molecule is CCN(C(=O)CSc1nnc(C2CC2)n1CC)c1nc2ccccc2s1. The molecule has 1 saturated carbocycles. The van der Waals surface area contributed by atoms with Crippen molar-refractivity contribution in [1.29, 1.82) is 0 Å². The largest absolute Gasteiger partial charge is 0.306 e. The van der Waals surface area contributed by atoms with Gasteiger partial charge >= 0.3 is 0 Å². The highest BCUT2D eigenvalue weighted by Crippen LogP contribution is 2.40. The molecule has 1 aromatic carbocycles. The fourth-order valence-corrected chi connectivity index (χ4v) is 4.88. The number of nitrogens with zero attached hydrogens (tertiary/aromatic N) is 5. The highest BCUT2D eigenvalue weighted by atomic mass is 32.2. The summed E-state index contributed by atoms with van der Waals surface area (Å²) in [5, 5.41) is 10.2. The molecule has 8 heteroatoms. The van der Waals surface area contributed by atoms with E-state index < -0.39 is 0 Å². The number of hydrogen-bond donors (Lipinski definition) is 0. The summed E-state index contributed by atoms with van der Waals surface area (Å²) in [6.45, 7) is 5.52. The van der Waals surface area contributed by atoms with Crippen LogP contribution >= 0.6 is 23.1 Å². The molecule has 1 aliphatic carbocycles. The fraction of sp³-hybridized carbons (Fsp3) is 0.444. The van der Waals surface area contributed by atoms with Gasteiger partial charge in [0.15, 0.2) is 10.3 Å². The summed E-state index contributed by atoms with van der Waals surface area (Å²) in [7, 11) is 0. The van der Waals surface area contributed by atoms with Gasteiger partial charge < -0.3 is 4.57 Å². The lowest BCUT2D eigenvalue weighted by atomic mass is 10.3. The number of rotatable bonds is 7. The highest BCUT2D eigenvalue weighted by Gasteiger charge is 2.30. The number of hydrogen-bond acceptors (Lipinski definition) is 6. The second kappa shape index (κ2) is 7.36. The number of amides is 1. The zero-order chi connectivity index (χ0) is 18.1. The first kappa shape index (κ1) is 17.5. The number of benzene rings is 1. The predicted octanol–water partition coefficient (Wildman–Crippen LogP) is 3.93. The van der Waals surface area contributed by atoms with E-state index in [9.17, 15) is 4.79 Å². The molecule has 0 saturated heterocycles. The van der Waals surface area contributed by atoms with Crippen molar-refractivity contribution in [3.63, 3.8) is 0 Å². The molecule has 1 aliphatic rings. The number of para-hydroxylation sites is 1. The fourth-order valence-electron chi connectivity index (χ4n) is 2.95. The first-order valence-corrected chi connectivity index (χ1v) is 10.7. The van der Waals surface area contributed by atoms with Gasteiger partial charge in [0.05, 0.1) is 16.0 Å². The molecule has 0 aliphatic heterocycles.